The molecular weight excluding hydrogens is 349 g/mol. The maximum Gasteiger partial charge on any atom is 0.416 e. The predicted molar refractivity (Wildman–Crippen MR) is 88.0 cm³/mol. The van der Waals surface area contributed by atoms with E-state index in [-0.39, 0.29) is 16.8 Å². The highest BCUT2D eigenvalue weighted by molar-refractivity contribution is 5.95. The minimum Gasteiger partial charge on any atom is -0.497 e. The molecule has 0 atom stereocenters. The largest absolute Gasteiger partial charge is 0.497 e. The van der Waals surface area contributed by atoms with Crippen molar-refractivity contribution in [3.05, 3.63) is 65.2 Å². The van der Waals surface area contributed by atoms with Crippen molar-refractivity contribution < 1.29 is 27.1 Å². The highest BCUT2D eigenvalue weighted by atomic mass is 19.4. The van der Waals surface area contributed by atoms with Crippen molar-refractivity contribution >= 4 is 22.6 Å². The van der Waals surface area contributed by atoms with Crippen LogP contribution in [-0.4, -0.2) is 13.0 Å². The molecule has 8 heteroatoms. The van der Waals surface area contributed by atoms with E-state index in [2.05, 4.69) is 4.99 Å². The molecule has 0 saturated carbocycles. The molecule has 2 aromatic carbocycles. The summed E-state index contributed by atoms with van der Waals surface area (Å²) in [6, 6.07) is 10.7. The number of methoxy groups -OCH3 is 1. The zero-order valence-electron chi connectivity index (χ0n) is 13.5. The Morgan fingerprint density at radius 2 is 1.92 bits per heavy atom. The molecule has 26 heavy (non-hydrogen) atoms. The molecule has 1 aromatic heterocycles. The fourth-order valence-corrected chi connectivity index (χ4v) is 2.35. The van der Waals surface area contributed by atoms with Crippen LogP contribution < -0.4 is 16.0 Å². The van der Waals surface area contributed by atoms with E-state index in [0.717, 1.165) is 12.1 Å². The molecule has 5 nitrogen and oxygen atoms in total. The van der Waals surface area contributed by atoms with Gasteiger partial charge < -0.3 is 14.9 Å². The van der Waals surface area contributed by atoms with E-state index in [1.54, 1.807) is 18.2 Å². The predicted octanol–water partition coefficient (Wildman–Crippen LogP) is 3.79. The van der Waals surface area contributed by atoms with E-state index in [1.807, 2.05) is 0 Å². The summed E-state index contributed by atoms with van der Waals surface area (Å²) in [5.41, 5.74) is 4.59. The molecule has 1 amide bonds. The van der Waals surface area contributed by atoms with Gasteiger partial charge in [-0.25, -0.2) is 4.99 Å². The molecule has 0 spiro atoms. The lowest BCUT2D eigenvalue weighted by Crippen LogP contribution is -2.21. The monoisotopic (exact) mass is 362 g/mol. The summed E-state index contributed by atoms with van der Waals surface area (Å²) in [5.74, 6) is -0.296. The van der Waals surface area contributed by atoms with Gasteiger partial charge in [-0.3, -0.25) is 4.79 Å². The molecule has 134 valence electrons. The van der Waals surface area contributed by atoms with Crippen molar-refractivity contribution in [3.63, 3.8) is 0 Å². The van der Waals surface area contributed by atoms with Crippen LogP contribution in [0, 0.1) is 0 Å². The summed E-state index contributed by atoms with van der Waals surface area (Å²) in [4.78, 5) is 15.7. The van der Waals surface area contributed by atoms with Crippen LogP contribution in [-0.2, 0) is 6.18 Å². The summed E-state index contributed by atoms with van der Waals surface area (Å²) in [7, 11) is 1.48. The Morgan fingerprint density at radius 3 is 2.58 bits per heavy atom. The summed E-state index contributed by atoms with van der Waals surface area (Å²) in [5, 5.41) is 0.572. The average Bonchev–Trinajstić information content (AvgIpc) is 2.60. The third-order valence-corrected chi connectivity index (χ3v) is 3.63. The third-order valence-electron chi connectivity index (χ3n) is 3.63. The molecule has 0 aliphatic carbocycles. The van der Waals surface area contributed by atoms with Gasteiger partial charge in [0.05, 0.1) is 18.4 Å². The van der Waals surface area contributed by atoms with Crippen LogP contribution in [0.2, 0.25) is 0 Å². The number of primary amides is 1. The standard InChI is InChI=1S/C18H13F3N2O3/c1-25-13-6-5-10-7-14(16(22)24)17(26-15(10)9-13)23-12-4-2-3-11(8-12)18(19,20)21/h2-9H,1H3,(H2,22,24). The third kappa shape index (κ3) is 3.53. The lowest BCUT2D eigenvalue weighted by molar-refractivity contribution is -0.137. The van der Waals surface area contributed by atoms with Crippen molar-refractivity contribution in [2.75, 3.05) is 7.11 Å². The second-order valence-electron chi connectivity index (χ2n) is 5.39. The number of hydrogen-bond acceptors (Lipinski definition) is 4. The second-order valence-corrected chi connectivity index (χ2v) is 5.39. The molecule has 0 fully saturated rings. The number of ether oxygens (including phenoxy) is 1. The maximum atomic E-state index is 12.9. The maximum absolute atomic E-state index is 12.9. The number of carbonyl (C=O) groups excluding carboxylic acids is 1. The zero-order valence-corrected chi connectivity index (χ0v) is 13.5. The van der Waals surface area contributed by atoms with Crippen molar-refractivity contribution in [2.24, 2.45) is 10.7 Å². The Bertz CT molecular complexity index is 1060. The van der Waals surface area contributed by atoms with Gasteiger partial charge in [0.1, 0.15) is 16.9 Å². The van der Waals surface area contributed by atoms with Gasteiger partial charge in [0.2, 0.25) is 5.55 Å². The van der Waals surface area contributed by atoms with Gasteiger partial charge in [-0.2, -0.15) is 13.2 Å². The van der Waals surface area contributed by atoms with Crippen LogP contribution in [0.3, 0.4) is 0 Å². The second kappa shape index (κ2) is 6.55. The van der Waals surface area contributed by atoms with Crippen molar-refractivity contribution in [3.8, 4) is 5.75 Å². The number of hydrogen-bond donors (Lipinski definition) is 1. The molecule has 0 bridgehead atoms. The summed E-state index contributed by atoms with van der Waals surface area (Å²) in [6.07, 6.45) is -4.51. The van der Waals surface area contributed by atoms with Crippen molar-refractivity contribution in [1.29, 1.82) is 0 Å². The number of alkyl halides is 3. The van der Waals surface area contributed by atoms with Crippen LogP contribution in [0.25, 0.3) is 11.0 Å². The van der Waals surface area contributed by atoms with Crippen LogP contribution in [0.15, 0.2) is 57.9 Å². The molecule has 2 N–H and O–H groups in total. The van der Waals surface area contributed by atoms with Gasteiger partial charge in [0, 0.05) is 11.5 Å². The van der Waals surface area contributed by atoms with E-state index in [1.165, 1.54) is 25.3 Å². The number of nitrogens with zero attached hydrogens (tertiary/aromatic N) is 1. The van der Waals surface area contributed by atoms with Crippen LogP contribution in [0.5, 0.6) is 5.75 Å². The van der Waals surface area contributed by atoms with Gasteiger partial charge in [-0.1, -0.05) is 6.07 Å². The molecule has 3 rings (SSSR count). The number of halogens is 3. The van der Waals surface area contributed by atoms with E-state index >= 15 is 0 Å². The molecule has 0 aliphatic heterocycles. The van der Waals surface area contributed by atoms with Crippen LogP contribution >= 0.6 is 0 Å². The number of amides is 1. The lowest BCUT2D eigenvalue weighted by atomic mass is 10.1. The SMILES string of the molecule is COc1ccc2cc(C(N)=O)c(=Nc3cccc(C(F)(F)F)c3)oc2c1. The van der Waals surface area contributed by atoms with Gasteiger partial charge >= 0.3 is 6.18 Å². The number of fused-ring (bicyclic) bond motifs is 1. The molecular formula is C18H13F3N2O3. The van der Waals surface area contributed by atoms with Gasteiger partial charge in [-0.05, 0) is 36.4 Å². The number of rotatable bonds is 3. The first-order chi connectivity index (χ1) is 12.3. The van der Waals surface area contributed by atoms with E-state index in [4.69, 9.17) is 14.9 Å². The Hall–Kier alpha value is -3.29. The van der Waals surface area contributed by atoms with Crippen LogP contribution in [0.4, 0.5) is 18.9 Å². The van der Waals surface area contributed by atoms with Crippen LogP contribution in [0.1, 0.15) is 15.9 Å². The number of nitrogens with two attached hydrogens (primary N) is 1. The quantitative estimate of drug-likeness (QED) is 0.770. The number of carbonyl (C=O) groups is 1. The first-order valence-corrected chi connectivity index (χ1v) is 7.41. The topological polar surface area (TPSA) is 77.8 Å². The molecule has 0 radical (unpaired) electrons. The van der Waals surface area contributed by atoms with E-state index in [9.17, 15) is 18.0 Å². The molecule has 0 aliphatic rings. The van der Waals surface area contributed by atoms with Crippen molar-refractivity contribution in [1.82, 2.24) is 0 Å². The van der Waals surface area contributed by atoms with E-state index in [0.29, 0.717) is 16.7 Å². The molecule has 1 heterocycles. The Kier molecular flexibility index (Phi) is 4.41. The molecule has 0 unspecified atom stereocenters. The van der Waals surface area contributed by atoms with Gasteiger partial charge in [-0.15, -0.1) is 0 Å². The van der Waals surface area contributed by atoms with Gasteiger partial charge in [0.25, 0.3) is 5.91 Å². The van der Waals surface area contributed by atoms with Crippen molar-refractivity contribution in [2.45, 2.75) is 6.18 Å². The minimum absolute atomic E-state index is 0.0201. The molecule has 0 saturated heterocycles. The lowest BCUT2D eigenvalue weighted by Gasteiger charge is -2.07. The average molecular weight is 362 g/mol. The molecule has 3 aromatic rings. The summed E-state index contributed by atoms with van der Waals surface area (Å²) in [6.45, 7) is 0. The summed E-state index contributed by atoms with van der Waals surface area (Å²) >= 11 is 0. The summed E-state index contributed by atoms with van der Waals surface area (Å²) < 4.78 is 49.3. The highest BCUT2D eigenvalue weighted by Gasteiger charge is 2.30. The highest BCUT2D eigenvalue weighted by Crippen LogP contribution is 2.31. The Labute approximate surface area is 145 Å². The smallest absolute Gasteiger partial charge is 0.416 e. The van der Waals surface area contributed by atoms with Gasteiger partial charge in [0.15, 0.2) is 0 Å². The fourth-order valence-electron chi connectivity index (χ4n) is 2.35. The Balaban J connectivity index is 2.23. The zero-order chi connectivity index (χ0) is 18.9. The van der Waals surface area contributed by atoms with E-state index < -0.39 is 17.6 Å². The fraction of sp³-hybridized carbons (Fsp3) is 0.111. The first-order valence-electron chi connectivity index (χ1n) is 7.41. The number of benzene rings is 2. The Morgan fingerprint density at radius 1 is 1.15 bits per heavy atom. The minimum atomic E-state index is -4.51. The first kappa shape index (κ1) is 17.5. The normalized spacial score (nSPS) is 12.4.